The van der Waals surface area contributed by atoms with E-state index in [1.54, 1.807) is 29.2 Å². The topological polar surface area (TPSA) is 74.7 Å². The lowest BCUT2D eigenvalue weighted by Crippen LogP contribution is -2.46. The first-order valence-electron chi connectivity index (χ1n) is 9.74. The van der Waals surface area contributed by atoms with Gasteiger partial charge >= 0.3 is 6.18 Å². The van der Waals surface area contributed by atoms with Crippen molar-refractivity contribution in [3.63, 3.8) is 0 Å². The van der Waals surface area contributed by atoms with Gasteiger partial charge in [0, 0.05) is 24.7 Å². The van der Waals surface area contributed by atoms with Crippen LogP contribution in [0.25, 0.3) is 0 Å². The van der Waals surface area contributed by atoms with Crippen LogP contribution in [0.2, 0.25) is 0 Å². The molecule has 2 saturated heterocycles. The van der Waals surface area contributed by atoms with Crippen molar-refractivity contribution in [3.8, 4) is 0 Å². The van der Waals surface area contributed by atoms with E-state index < -0.39 is 17.5 Å². The van der Waals surface area contributed by atoms with Crippen LogP contribution >= 0.6 is 0 Å². The van der Waals surface area contributed by atoms with Gasteiger partial charge in [0.1, 0.15) is 11.3 Å². The highest BCUT2D eigenvalue weighted by atomic mass is 19.4. The second-order valence-corrected chi connectivity index (χ2v) is 7.74. The number of anilines is 1. The van der Waals surface area contributed by atoms with E-state index in [1.807, 2.05) is 0 Å². The Hall–Kier alpha value is -2.65. The minimum atomic E-state index is -4.45. The minimum Gasteiger partial charge on any atom is -0.381 e. The summed E-state index contributed by atoms with van der Waals surface area (Å²) in [6.45, 7) is 1.61. The van der Waals surface area contributed by atoms with Crippen molar-refractivity contribution >= 4 is 11.6 Å². The van der Waals surface area contributed by atoms with Crippen molar-refractivity contribution in [2.24, 2.45) is 0 Å². The van der Waals surface area contributed by atoms with Crippen molar-refractivity contribution in [1.29, 1.82) is 0 Å². The van der Waals surface area contributed by atoms with Crippen molar-refractivity contribution in [3.05, 3.63) is 59.4 Å². The fourth-order valence-corrected chi connectivity index (χ4v) is 3.68. The number of likely N-dealkylation sites (tertiary alicyclic amines) is 1. The Morgan fingerprint density at radius 3 is 2.30 bits per heavy atom. The summed E-state index contributed by atoms with van der Waals surface area (Å²) < 4.78 is 42.9. The molecule has 0 unspecified atom stereocenters. The maximum Gasteiger partial charge on any atom is 0.433 e. The van der Waals surface area contributed by atoms with Crippen LogP contribution in [0.15, 0.2) is 42.6 Å². The predicted octanol–water partition coefficient (Wildman–Crippen LogP) is 3.03. The smallest absolute Gasteiger partial charge is 0.381 e. The van der Waals surface area contributed by atoms with Crippen LogP contribution in [0.3, 0.4) is 0 Å². The molecular formula is C21H22F3N3O3. The molecule has 160 valence electrons. The number of hydrogen-bond donors (Lipinski definition) is 2. The molecule has 0 saturated carbocycles. The van der Waals surface area contributed by atoms with Gasteiger partial charge in [0.2, 0.25) is 0 Å². The third kappa shape index (κ3) is 4.27. The highest BCUT2D eigenvalue weighted by Crippen LogP contribution is 2.30. The Morgan fingerprint density at radius 1 is 1.13 bits per heavy atom. The number of benzene rings is 1. The third-order valence-electron chi connectivity index (χ3n) is 5.56. The largest absolute Gasteiger partial charge is 0.433 e. The number of rotatable bonds is 4. The van der Waals surface area contributed by atoms with Gasteiger partial charge in [0.25, 0.3) is 5.91 Å². The number of alkyl halides is 3. The Morgan fingerprint density at radius 2 is 1.80 bits per heavy atom. The summed E-state index contributed by atoms with van der Waals surface area (Å²) in [5.41, 5.74) is -0.0596. The molecule has 3 heterocycles. The molecule has 9 heteroatoms. The summed E-state index contributed by atoms with van der Waals surface area (Å²) in [6.07, 6.45) is -1.90. The van der Waals surface area contributed by atoms with Crippen LogP contribution in [0, 0.1) is 0 Å². The van der Waals surface area contributed by atoms with Crippen LogP contribution in [-0.4, -0.2) is 53.2 Å². The molecule has 4 rings (SSSR count). The number of pyridine rings is 1. The van der Waals surface area contributed by atoms with Gasteiger partial charge in [-0.1, -0.05) is 12.1 Å². The Balaban J connectivity index is 1.30. The SMILES string of the molecule is O=C(c1ccc(C2(O)COC2)cc1)N1CCC(Nc2ccc(C(F)(F)F)nc2)CC1. The molecule has 30 heavy (non-hydrogen) atoms. The number of carbonyl (C=O) groups excluding carboxylic acids is 1. The molecule has 2 aliphatic rings. The fraction of sp³-hybridized carbons (Fsp3) is 0.429. The summed E-state index contributed by atoms with van der Waals surface area (Å²) in [6, 6.07) is 9.32. The number of aliphatic hydroxyl groups is 1. The first kappa shape index (κ1) is 20.6. The highest BCUT2D eigenvalue weighted by Gasteiger charge is 2.38. The van der Waals surface area contributed by atoms with Crippen LogP contribution in [0.5, 0.6) is 0 Å². The number of amides is 1. The van der Waals surface area contributed by atoms with Crippen LogP contribution in [0.1, 0.15) is 34.5 Å². The van der Waals surface area contributed by atoms with Crippen molar-refractivity contribution in [1.82, 2.24) is 9.88 Å². The number of nitrogens with one attached hydrogen (secondary N) is 1. The second-order valence-electron chi connectivity index (χ2n) is 7.74. The lowest BCUT2D eigenvalue weighted by Gasteiger charge is -2.37. The van der Waals surface area contributed by atoms with Crippen LogP contribution in [-0.2, 0) is 16.5 Å². The molecule has 6 nitrogen and oxygen atoms in total. The number of ether oxygens (including phenoxy) is 1. The van der Waals surface area contributed by atoms with Crippen LogP contribution in [0.4, 0.5) is 18.9 Å². The highest BCUT2D eigenvalue weighted by molar-refractivity contribution is 5.94. The summed E-state index contributed by atoms with van der Waals surface area (Å²) in [5.74, 6) is -0.0759. The lowest BCUT2D eigenvalue weighted by molar-refractivity contribution is -0.184. The van der Waals surface area contributed by atoms with Gasteiger partial charge in [-0.15, -0.1) is 0 Å². The number of carbonyl (C=O) groups is 1. The average molecular weight is 421 g/mol. The zero-order valence-corrected chi connectivity index (χ0v) is 16.2. The predicted molar refractivity (Wildman–Crippen MR) is 103 cm³/mol. The molecule has 0 aliphatic carbocycles. The summed E-state index contributed by atoms with van der Waals surface area (Å²) in [7, 11) is 0. The minimum absolute atomic E-state index is 0.0582. The van der Waals surface area contributed by atoms with E-state index >= 15 is 0 Å². The standard InChI is InChI=1S/C21H22F3N3O3/c22-21(23,24)18-6-5-17(11-25-18)26-16-7-9-27(10-8-16)19(28)14-1-3-15(4-2-14)20(29)12-30-13-20/h1-6,11,16,26,29H,7-10,12-13H2. The van der Waals surface area contributed by atoms with Gasteiger partial charge < -0.3 is 20.1 Å². The normalized spacial score (nSPS) is 19.3. The average Bonchev–Trinajstić information content (AvgIpc) is 2.72. The molecule has 1 amide bonds. The number of aromatic nitrogens is 1. The molecule has 0 bridgehead atoms. The van der Waals surface area contributed by atoms with E-state index in [2.05, 4.69) is 10.3 Å². The maximum atomic E-state index is 12.7. The first-order valence-corrected chi connectivity index (χ1v) is 9.74. The first-order chi connectivity index (χ1) is 14.2. The van der Waals surface area contributed by atoms with Gasteiger partial charge in [0.15, 0.2) is 0 Å². The molecule has 0 atom stereocenters. The van der Waals surface area contributed by atoms with Gasteiger partial charge in [-0.2, -0.15) is 13.2 Å². The molecule has 1 aromatic heterocycles. The maximum absolute atomic E-state index is 12.7. The van der Waals surface area contributed by atoms with E-state index in [1.165, 1.54) is 12.3 Å². The van der Waals surface area contributed by atoms with Gasteiger partial charge in [-0.05, 0) is 42.7 Å². The third-order valence-corrected chi connectivity index (χ3v) is 5.56. The quantitative estimate of drug-likeness (QED) is 0.794. The van der Waals surface area contributed by atoms with Gasteiger partial charge in [0.05, 0.1) is 25.1 Å². The summed E-state index contributed by atoms with van der Waals surface area (Å²) in [4.78, 5) is 18.0. The number of hydrogen-bond acceptors (Lipinski definition) is 5. The second kappa shape index (κ2) is 7.88. The summed E-state index contributed by atoms with van der Waals surface area (Å²) >= 11 is 0. The van der Waals surface area contributed by atoms with E-state index in [-0.39, 0.29) is 25.2 Å². The van der Waals surface area contributed by atoms with Gasteiger partial charge in [-0.3, -0.25) is 4.79 Å². The Bertz CT molecular complexity index is 888. The summed E-state index contributed by atoms with van der Waals surface area (Å²) in [5, 5.41) is 13.5. The number of piperidine rings is 1. The molecule has 2 N–H and O–H groups in total. The van der Waals surface area contributed by atoms with Crippen molar-refractivity contribution < 1.29 is 27.8 Å². The zero-order valence-electron chi connectivity index (χ0n) is 16.2. The molecule has 0 radical (unpaired) electrons. The monoisotopic (exact) mass is 421 g/mol. The van der Waals surface area contributed by atoms with Crippen LogP contribution < -0.4 is 5.32 Å². The zero-order chi connectivity index (χ0) is 21.4. The van der Waals surface area contributed by atoms with E-state index in [4.69, 9.17) is 4.74 Å². The fourth-order valence-electron chi connectivity index (χ4n) is 3.68. The van der Waals surface area contributed by atoms with Crippen molar-refractivity contribution in [2.45, 2.75) is 30.7 Å². The molecular weight excluding hydrogens is 399 g/mol. The lowest BCUT2D eigenvalue weighted by atomic mass is 9.91. The van der Waals surface area contributed by atoms with Crippen molar-refractivity contribution in [2.75, 3.05) is 31.6 Å². The molecule has 2 fully saturated rings. The van der Waals surface area contributed by atoms with E-state index in [9.17, 15) is 23.1 Å². The van der Waals surface area contributed by atoms with E-state index in [0.717, 1.165) is 11.6 Å². The molecule has 0 spiro atoms. The molecule has 2 aliphatic heterocycles. The molecule has 1 aromatic carbocycles. The number of nitrogens with zero attached hydrogens (tertiary/aromatic N) is 2. The molecule has 2 aromatic rings. The van der Waals surface area contributed by atoms with Gasteiger partial charge in [-0.25, -0.2) is 4.98 Å². The van der Waals surface area contributed by atoms with E-state index in [0.29, 0.717) is 37.2 Å². The Kier molecular flexibility index (Phi) is 5.42. The number of halogens is 3. The Labute approximate surface area is 171 Å².